The molecule has 0 aromatic carbocycles. The Bertz CT molecular complexity index is 679. The van der Waals surface area contributed by atoms with E-state index in [4.69, 9.17) is 4.74 Å². The zero-order valence-corrected chi connectivity index (χ0v) is 12.2. The molecule has 2 heterocycles. The van der Waals surface area contributed by atoms with Crippen molar-refractivity contribution in [1.82, 2.24) is 9.38 Å². The summed E-state index contributed by atoms with van der Waals surface area (Å²) < 4.78 is 44.5. The van der Waals surface area contributed by atoms with Crippen LogP contribution in [0.25, 0.3) is 5.65 Å². The maximum Gasteiger partial charge on any atom is 0.417 e. The average molecular weight is 351 g/mol. The molecule has 0 unspecified atom stereocenters. The second kappa shape index (κ2) is 5.08. The molecule has 0 fully saturated rings. The summed E-state index contributed by atoms with van der Waals surface area (Å²) in [6.45, 7) is 3.29. The van der Waals surface area contributed by atoms with E-state index in [0.717, 1.165) is 16.7 Å². The number of aryl methyl sites for hydroxylation is 1. The molecule has 8 heteroatoms. The Morgan fingerprint density at radius 3 is 2.70 bits per heavy atom. The van der Waals surface area contributed by atoms with Crippen LogP contribution in [0, 0.1) is 6.92 Å². The zero-order chi connectivity index (χ0) is 15.1. The molecule has 2 aromatic heterocycles. The minimum absolute atomic E-state index is 0.00588. The number of carbonyl (C=O) groups excluding carboxylic acids is 1. The van der Waals surface area contributed by atoms with E-state index >= 15 is 0 Å². The van der Waals surface area contributed by atoms with Gasteiger partial charge in [-0.05, 0) is 35.8 Å². The molecule has 0 aliphatic carbocycles. The number of aromatic nitrogens is 2. The van der Waals surface area contributed by atoms with Crippen LogP contribution in [0.1, 0.15) is 28.7 Å². The third kappa shape index (κ3) is 2.52. The highest BCUT2D eigenvalue weighted by Crippen LogP contribution is 2.33. The topological polar surface area (TPSA) is 43.6 Å². The van der Waals surface area contributed by atoms with Gasteiger partial charge in [0.1, 0.15) is 0 Å². The van der Waals surface area contributed by atoms with E-state index in [0.29, 0.717) is 5.69 Å². The van der Waals surface area contributed by atoms with Crippen LogP contribution in [0.2, 0.25) is 0 Å². The summed E-state index contributed by atoms with van der Waals surface area (Å²) in [6, 6.07) is 0.927. The number of rotatable bonds is 2. The highest BCUT2D eigenvalue weighted by molar-refractivity contribution is 9.10. The number of nitrogens with zero attached hydrogens (tertiary/aromatic N) is 2. The first-order chi connectivity index (χ1) is 9.25. The van der Waals surface area contributed by atoms with Crippen LogP contribution < -0.4 is 0 Å². The first-order valence-electron chi connectivity index (χ1n) is 5.68. The molecule has 0 radical (unpaired) electrons. The molecule has 0 spiro atoms. The summed E-state index contributed by atoms with van der Waals surface area (Å²) in [4.78, 5) is 15.9. The van der Waals surface area contributed by atoms with Crippen LogP contribution in [0.15, 0.2) is 16.7 Å². The van der Waals surface area contributed by atoms with E-state index < -0.39 is 17.7 Å². The highest BCUT2D eigenvalue weighted by Gasteiger charge is 2.32. The van der Waals surface area contributed by atoms with Gasteiger partial charge in [0.2, 0.25) is 0 Å². The number of esters is 1. The molecular formula is C12H10BrF3N2O2. The predicted molar refractivity (Wildman–Crippen MR) is 68.6 cm³/mol. The van der Waals surface area contributed by atoms with Gasteiger partial charge in [-0.15, -0.1) is 0 Å². The number of fused-ring (bicyclic) bond motifs is 1. The number of pyridine rings is 1. The number of hydrogen-bond donors (Lipinski definition) is 0. The first kappa shape index (κ1) is 14.8. The highest BCUT2D eigenvalue weighted by atomic mass is 79.9. The van der Waals surface area contributed by atoms with Crippen LogP contribution in [-0.2, 0) is 10.9 Å². The molecule has 0 saturated heterocycles. The molecule has 108 valence electrons. The lowest BCUT2D eigenvalue weighted by Crippen LogP contribution is -2.12. The molecular weight excluding hydrogens is 341 g/mol. The summed E-state index contributed by atoms with van der Waals surface area (Å²) in [5.41, 5.74) is -0.337. The van der Waals surface area contributed by atoms with Gasteiger partial charge in [0.05, 0.1) is 22.3 Å². The summed E-state index contributed by atoms with van der Waals surface area (Å²) in [5.74, 6) is -0.705. The van der Waals surface area contributed by atoms with Gasteiger partial charge in [0, 0.05) is 6.20 Å². The fraction of sp³-hybridized carbons (Fsp3) is 0.333. The fourth-order valence-electron chi connectivity index (χ4n) is 1.82. The third-order valence-corrected chi connectivity index (χ3v) is 3.23. The lowest BCUT2D eigenvalue weighted by Gasteiger charge is -2.09. The van der Waals surface area contributed by atoms with Crippen molar-refractivity contribution in [3.8, 4) is 0 Å². The Labute approximate surface area is 120 Å². The Kier molecular flexibility index (Phi) is 3.77. The van der Waals surface area contributed by atoms with Crippen molar-refractivity contribution in [3.63, 3.8) is 0 Å². The Balaban J connectivity index is 2.73. The number of halogens is 4. The second-order valence-electron chi connectivity index (χ2n) is 4.03. The third-order valence-electron chi connectivity index (χ3n) is 2.65. The van der Waals surface area contributed by atoms with Gasteiger partial charge >= 0.3 is 12.1 Å². The van der Waals surface area contributed by atoms with Crippen LogP contribution in [-0.4, -0.2) is 22.0 Å². The van der Waals surface area contributed by atoms with E-state index in [1.807, 2.05) is 0 Å². The minimum Gasteiger partial charge on any atom is -0.461 e. The average Bonchev–Trinajstić information content (AvgIpc) is 2.65. The van der Waals surface area contributed by atoms with Crippen LogP contribution in [0.3, 0.4) is 0 Å². The predicted octanol–water partition coefficient (Wildman–Crippen LogP) is 3.60. The summed E-state index contributed by atoms with van der Waals surface area (Å²) in [5, 5.41) is 0. The second-order valence-corrected chi connectivity index (χ2v) is 4.89. The summed E-state index contributed by atoms with van der Waals surface area (Å²) in [6.07, 6.45) is -3.67. The van der Waals surface area contributed by atoms with Crippen LogP contribution >= 0.6 is 15.9 Å². The monoisotopic (exact) mass is 350 g/mol. The molecule has 2 aromatic rings. The molecule has 0 saturated carbocycles. The first-order valence-corrected chi connectivity index (χ1v) is 6.47. The lowest BCUT2D eigenvalue weighted by molar-refractivity contribution is -0.137. The molecule has 0 N–H and O–H groups in total. The number of imidazole rings is 1. The molecule has 0 aliphatic heterocycles. The smallest absolute Gasteiger partial charge is 0.417 e. The maximum absolute atomic E-state index is 12.8. The van der Waals surface area contributed by atoms with Gasteiger partial charge in [-0.25, -0.2) is 9.78 Å². The normalized spacial score (nSPS) is 11.9. The van der Waals surface area contributed by atoms with E-state index in [1.165, 1.54) is 0 Å². The standard InChI is InChI=1S/C12H10BrF3N2O2/c1-3-20-11(19)9-6(2)17-10-8(13)4-7(5-18(9)10)12(14,15)16/h4-5H,3H2,1-2H3. The van der Waals surface area contributed by atoms with Crippen molar-refractivity contribution in [2.45, 2.75) is 20.0 Å². The van der Waals surface area contributed by atoms with Gasteiger partial charge in [-0.2, -0.15) is 13.2 Å². The van der Waals surface area contributed by atoms with E-state index in [2.05, 4.69) is 20.9 Å². The Morgan fingerprint density at radius 1 is 1.50 bits per heavy atom. The number of hydrogen-bond acceptors (Lipinski definition) is 3. The van der Waals surface area contributed by atoms with Gasteiger partial charge in [-0.1, -0.05) is 0 Å². The van der Waals surface area contributed by atoms with Crippen molar-refractivity contribution in [1.29, 1.82) is 0 Å². The van der Waals surface area contributed by atoms with Crippen LogP contribution in [0.4, 0.5) is 13.2 Å². The maximum atomic E-state index is 12.8. The fourth-order valence-corrected chi connectivity index (χ4v) is 2.34. The summed E-state index contributed by atoms with van der Waals surface area (Å²) in [7, 11) is 0. The Hall–Kier alpha value is -1.57. The van der Waals surface area contributed by atoms with Gasteiger partial charge in [0.15, 0.2) is 11.3 Å². The van der Waals surface area contributed by atoms with E-state index in [-0.39, 0.29) is 22.4 Å². The summed E-state index contributed by atoms with van der Waals surface area (Å²) >= 11 is 3.04. The van der Waals surface area contributed by atoms with Crippen molar-refractivity contribution in [3.05, 3.63) is 33.7 Å². The van der Waals surface area contributed by atoms with Crippen molar-refractivity contribution >= 4 is 27.5 Å². The molecule has 0 amide bonds. The molecule has 2 rings (SSSR count). The van der Waals surface area contributed by atoms with Crippen molar-refractivity contribution in [2.24, 2.45) is 0 Å². The van der Waals surface area contributed by atoms with Gasteiger partial charge in [-0.3, -0.25) is 4.40 Å². The quantitative estimate of drug-likeness (QED) is 0.777. The van der Waals surface area contributed by atoms with E-state index in [1.54, 1.807) is 13.8 Å². The minimum atomic E-state index is -4.51. The number of ether oxygens (including phenoxy) is 1. The molecule has 0 atom stereocenters. The Morgan fingerprint density at radius 2 is 2.15 bits per heavy atom. The van der Waals surface area contributed by atoms with Crippen molar-refractivity contribution in [2.75, 3.05) is 6.61 Å². The van der Waals surface area contributed by atoms with Crippen molar-refractivity contribution < 1.29 is 22.7 Å². The molecule has 4 nitrogen and oxygen atoms in total. The number of alkyl halides is 3. The largest absolute Gasteiger partial charge is 0.461 e. The number of carbonyl (C=O) groups is 1. The molecule has 0 aliphatic rings. The SMILES string of the molecule is CCOC(=O)c1c(C)nc2c(Br)cc(C(F)(F)F)cn12. The molecule has 20 heavy (non-hydrogen) atoms. The lowest BCUT2D eigenvalue weighted by atomic mass is 10.2. The molecule has 0 bridgehead atoms. The van der Waals surface area contributed by atoms with Crippen LogP contribution in [0.5, 0.6) is 0 Å². The zero-order valence-electron chi connectivity index (χ0n) is 10.6. The van der Waals surface area contributed by atoms with E-state index in [9.17, 15) is 18.0 Å². The van der Waals surface area contributed by atoms with Gasteiger partial charge in [0.25, 0.3) is 0 Å². The van der Waals surface area contributed by atoms with Gasteiger partial charge < -0.3 is 4.74 Å².